The molecule has 0 aliphatic heterocycles. The van der Waals surface area contributed by atoms with Crippen LogP contribution in [0, 0.1) is 11.3 Å². The first-order chi connectivity index (χ1) is 9.70. The van der Waals surface area contributed by atoms with Crippen LogP contribution in [0.1, 0.15) is 0 Å². The molecule has 1 aromatic heterocycles. The van der Waals surface area contributed by atoms with Gasteiger partial charge in [-0.25, -0.2) is 0 Å². The molecule has 0 spiro atoms. The van der Waals surface area contributed by atoms with Gasteiger partial charge in [-0.15, -0.1) is 10.2 Å². The summed E-state index contributed by atoms with van der Waals surface area (Å²) in [5.74, 6) is 1.34. The summed E-state index contributed by atoms with van der Waals surface area (Å²) in [4.78, 5) is 0. The van der Waals surface area contributed by atoms with Crippen LogP contribution in [0.25, 0.3) is 0 Å². The van der Waals surface area contributed by atoms with Crippen LogP contribution in [0.2, 0.25) is 5.02 Å². The van der Waals surface area contributed by atoms with Gasteiger partial charge in [0.15, 0.2) is 5.16 Å². The molecule has 2 N–H and O–H groups in total. The van der Waals surface area contributed by atoms with Gasteiger partial charge in [-0.3, -0.25) is 4.57 Å². The molecule has 2 aromatic rings. The Kier molecular flexibility index (Phi) is 5.09. The third kappa shape index (κ3) is 3.79. The molecule has 0 amide bonds. The van der Waals surface area contributed by atoms with Gasteiger partial charge in [-0.2, -0.15) is 5.26 Å². The van der Waals surface area contributed by atoms with Gasteiger partial charge in [-0.05, 0) is 24.3 Å². The molecule has 2 rings (SSSR count). The maximum Gasteiger partial charge on any atom is 0.222 e. The fourth-order valence-electron chi connectivity index (χ4n) is 1.50. The lowest BCUT2D eigenvalue weighted by Crippen LogP contribution is -2.11. The van der Waals surface area contributed by atoms with Crippen molar-refractivity contribution in [3.05, 3.63) is 29.3 Å². The molecule has 104 valence electrons. The van der Waals surface area contributed by atoms with E-state index in [4.69, 9.17) is 27.3 Å². The van der Waals surface area contributed by atoms with E-state index in [0.29, 0.717) is 35.0 Å². The average molecular weight is 310 g/mol. The highest BCUT2D eigenvalue weighted by Crippen LogP contribution is 2.18. The zero-order chi connectivity index (χ0) is 14.4. The average Bonchev–Trinajstić information content (AvgIpc) is 2.80. The van der Waals surface area contributed by atoms with E-state index in [-0.39, 0.29) is 0 Å². The van der Waals surface area contributed by atoms with E-state index >= 15 is 0 Å². The van der Waals surface area contributed by atoms with Crippen LogP contribution >= 0.6 is 23.4 Å². The quantitative estimate of drug-likeness (QED) is 0.823. The van der Waals surface area contributed by atoms with Crippen LogP contribution in [0.5, 0.6) is 5.75 Å². The van der Waals surface area contributed by atoms with Gasteiger partial charge in [0.1, 0.15) is 12.4 Å². The molecule has 0 unspecified atom stereocenters. The molecule has 20 heavy (non-hydrogen) atoms. The molecule has 0 aliphatic rings. The third-order valence-electron chi connectivity index (χ3n) is 2.41. The van der Waals surface area contributed by atoms with Crippen molar-refractivity contribution in [2.45, 2.75) is 11.7 Å². The predicted molar refractivity (Wildman–Crippen MR) is 77.7 cm³/mol. The highest BCUT2D eigenvalue weighted by atomic mass is 35.5. The van der Waals surface area contributed by atoms with Gasteiger partial charge in [0.25, 0.3) is 0 Å². The molecular weight excluding hydrogens is 298 g/mol. The minimum Gasteiger partial charge on any atom is -0.492 e. The van der Waals surface area contributed by atoms with Gasteiger partial charge in [-0.1, -0.05) is 23.4 Å². The van der Waals surface area contributed by atoms with E-state index in [2.05, 4.69) is 10.2 Å². The fraction of sp³-hybridized carbons (Fsp3) is 0.250. The summed E-state index contributed by atoms with van der Waals surface area (Å²) in [6.07, 6.45) is 0. The van der Waals surface area contributed by atoms with E-state index in [1.807, 2.05) is 6.07 Å². The summed E-state index contributed by atoms with van der Waals surface area (Å²) in [7, 11) is 0. The Balaban J connectivity index is 1.92. The Morgan fingerprint density at radius 1 is 1.35 bits per heavy atom. The van der Waals surface area contributed by atoms with Crippen LogP contribution in [0.3, 0.4) is 0 Å². The van der Waals surface area contributed by atoms with Crippen molar-refractivity contribution in [3.63, 3.8) is 0 Å². The maximum atomic E-state index is 8.58. The number of hydrogen-bond acceptors (Lipinski definition) is 6. The number of thioether (sulfide) groups is 1. The second-order valence-corrected chi connectivity index (χ2v) is 5.12. The summed E-state index contributed by atoms with van der Waals surface area (Å²) in [6.45, 7) is 0.930. The summed E-state index contributed by atoms with van der Waals surface area (Å²) in [5, 5.41) is 17.6. The van der Waals surface area contributed by atoms with Gasteiger partial charge < -0.3 is 10.5 Å². The Labute approximate surface area is 125 Å². The normalized spacial score (nSPS) is 10.2. The molecule has 0 radical (unpaired) electrons. The molecule has 0 fully saturated rings. The van der Waals surface area contributed by atoms with Crippen molar-refractivity contribution >= 4 is 29.3 Å². The van der Waals surface area contributed by atoms with E-state index < -0.39 is 0 Å². The highest BCUT2D eigenvalue weighted by Gasteiger charge is 2.09. The molecule has 0 aliphatic carbocycles. The number of aromatic nitrogens is 3. The molecule has 0 saturated heterocycles. The second kappa shape index (κ2) is 7.03. The van der Waals surface area contributed by atoms with Crippen LogP contribution < -0.4 is 10.5 Å². The van der Waals surface area contributed by atoms with E-state index in [1.165, 1.54) is 11.8 Å². The van der Waals surface area contributed by atoms with Crippen molar-refractivity contribution in [1.82, 2.24) is 14.8 Å². The first kappa shape index (κ1) is 14.5. The molecular formula is C12H12ClN5OS. The van der Waals surface area contributed by atoms with Gasteiger partial charge >= 0.3 is 0 Å². The molecule has 6 nitrogen and oxygen atoms in total. The summed E-state index contributed by atoms with van der Waals surface area (Å²) >= 11 is 7.09. The molecule has 1 heterocycles. The van der Waals surface area contributed by atoms with Crippen LogP contribution in [-0.4, -0.2) is 27.1 Å². The summed E-state index contributed by atoms with van der Waals surface area (Å²) in [5.41, 5.74) is 5.73. The monoisotopic (exact) mass is 309 g/mol. The SMILES string of the molecule is N#CCSc1nnc(N)n1CCOc1ccc(Cl)cc1. The van der Waals surface area contributed by atoms with Crippen LogP contribution in [-0.2, 0) is 6.54 Å². The number of nitriles is 1. The zero-order valence-electron chi connectivity index (χ0n) is 10.5. The van der Waals surface area contributed by atoms with Crippen molar-refractivity contribution in [2.24, 2.45) is 0 Å². The number of rotatable bonds is 6. The smallest absolute Gasteiger partial charge is 0.222 e. The number of nitrogen functional groups attached to an aromatic ring is 1. The van der Waals surface area contributed by atoms with Gasteiger partial charge in [0.05, 0.1) is 18.4 Å². The molecule has 1 aromatic carbocycles. The Bertz CT molecular complexity index is 607. The lowest BCUT2D eigenvalue weighted by Gasteiger charge is -2.09. The Morgan fingerprint density at radius 2 is 2.10 bits per heavy atom. The van der Waals surface area contributed by atoms with Crippen LogP contribution in [0.4, 0.5) is 5.95 Å². The van der Waals surface area contributed by atoms with Gasteiger partial charge in [0.2, 0.25) is 5.95 Å². The second-order valence-electron chi connectivity index (χ2n) is 3.74. The number of benzene rings is 1. The predicted octanol–water partition coefficient (Wildman–Crippen LogP) is 2.21. The third-order valence-corrected chi connectivity index (χ3v) is 3.49. The molecule has 0 bridgehead atoms. The molecule has 0 atom stereocenters. The number of nitrogens with two attached hydrogens (primary N) is 1. The van der Waals surface area contributed by atoms with E-state index in [1.54, 1.807) is 28.8 Å². The minimum absolute atomic E-state index is 0.302. The number of halogens is 1. The lowest BCUT2D eigenvalue weighted by atomic mass is 10.3. The Morgan fingerprint density at radius 3 is 2.80 bits per heavy atom. The number of hydrogen-bond donors (Lipinski definition) is 1. The van der Waals surface area contributed by atoms with Crippen molar-refractivity contribution < 1.29 is 4.74 Å². The van der Waals surface area contributed by atoms with E-state index in [0.717, 1.165) is 5.75 Å². The standard InChI is InChI=1S/C12H12ClN5OS/c13-9-1-3-10(4-2-9)19-7-6-18-11(15)16-17-12(18)20-8-5-14/h1-4H,6-8H2,(H2,15,16). The fourth-order valence-corrected chi connectivity index (χ4v) is 2.26. The van der Waals surface area contributed by atoms with Gasteiger partial charge in [0, 0.05) is 5.02 Å². The van der Waals surface area contributed by atoms with Crippen LogP contribution in [0.15, 0.2) is 29.4 Å². The van der Waals surface area contributed by atoms with Crippen molar-refractivity contribution in [1.29, 1.82) is 5.26 Å². The number of anilines is 1. The maximum absolute atomic E-state index is 8.58. The highest BCUT2D eigenvalue weighted by molar-refractivity contribution is 7.99. The Hall–Kier alpha value is -1.91. The number of nitrogens with zero attached hydrogens (tertiary/aromatic N) is 4. The van der Waals surface area contributed by atoms with Crippen molar-refractivity contribution in [2.75, 3.05) is 18.1 Å². The molecule has 8 heteroatoms. The van der Waals surface area contributed by atoms with Crippen molar-refractivity contribution in [3.8, 4) is 11.8 Å². The van der Waals surface area contributed by atoms with E-state index in [9.17, 15) is 0 Å². The first-order valence-corrected chi connectivity index (χ1v) is 7.14. The lowest BCUT2D eigenvalue weighted by molar-refractivity contribution is 0.294. The zero-order valence-corrected chi connectivity index (χ0v) is 12.1. The number of ether oxygens (including phenoxy) is 1. The first-order valence-electron chi connectivity index (χ1n) is 5.77. The minimum atomic E-state index is 0.302. The largest absolute Gasteiger partial charge is 0.492 e. The summed E-state index contributed by atoms with van der Waals surface area (Å²) < 4.78 is 7.30. The topological polar surface area (TPSA) is 89.8 Å². The summed E-state index contributed by atoms with van der Waals surface area (Å²) in [6, 6.07) is 9.15. The molecule has 0 saturated carbocycles.